The number of H-pyrrole nitrogens is 1. The molecule has 0 bridgehead atoms. The van der Waals surface area contributed by atoms with Gasteiger partial charge in [-0.25, -0.2) is 0 Å². The largest absolute Gasteiger partial charge is 0.490 e. The Kier molecular flexibility index (Phi) is 7.30. The molecule has 1 unspecified atom stereocenters. The topological polar surface area (TPSA) is 83.6 Å². The van der Waals surface area contributed by atoms with E-state index in [0.29, 0.717) is 23.4 Å². The highest BCUT2D eigenvalue weighted by molar-refractivity contribution is 5.98. The van der Waals surface area contributed by atoms with Crippen LogP contribution in [0.1, 0.15) is 41.6 Å². The standard InChI is InChI=1S/C28H30N2O4/c1-18(2)34-26-13-12-21(19-8-10-20(11-9-19)28(32)33-3)16-24(26)27(31)29-15-14-22-17-30-25-7-5-4-6-23(22)25/h4-13,16-18,28,30,32H,14-15H2,1-3H3,(H,29,31). The minimum absolute atomic E-state index is 0.0570. The van der Waals surface area contributed by atoms with Gasteiger partial charge in [0.1, 0.15) is 5.75 Å². The molecule has 0 saturated heterocycles. The van der Waals surface area contributed by atoms with Crippen LogP contribution in [0.3, 0.4) is 0 Å². The number of hydrogen-bond donors (Lipinski definition) is 3. The number of hydrogen-bond acceptors (Lipinski definition) is 4. The van der Waals surface area contributed by atoms with Gasteiger partial charge in [0.15, 0.2) is 6.29 Å². The van der Waals surface area contributed by atoms with Gasteiger partial charge in [0.05, 0.1) is 11.7 Å². The Balaban J connectivity index is 1.52. The molecular weight excluding hydrogens is 428 g/mol. The summed E-state index contributed by atoms with van der Waals surface area (Å²) in [5.74, 6) is 0.374. The summed E-state index contributed by atoms with van der Waals surface area (Å²) in [5, 5.41) is 14.1. The molecule has 34 heavy (non-hydrogen) atoms. The van der Waals surface area contributed by atoms with Crippen molar-refractivity contribution in [2.45, 2.75) is 32.7 Å². The van der Waals surface area contributed by atoms with Gasteiger partial charge in [0.2, 0.25) is 0 Å². The van der Waals surface area contributed by atoms with Crippen molar-refractivity contribution in [3.05, 3.63) is 89.6 Å². The van der Waals surface area contributed by atoms with Crippen LogP contribution < -0.4 is 10.1 Å². The first kappa shape index (κ1) is 23.5. The van der Waals surface area contributed by atoms with E-state index in [0.717, 1.165) is 23.1 Å². The summed E-state index contributed by atoms with van der Waals surface area (Å²) >= 11 is 0. The molecule has 4 rings (SSSR count). The van der Waals surface area contributed by atoms with E-state index >= 15 is 0 Å². The van der Waals surface area contributed by atoms with Gasteiger partial charge < -0.3 is 24.9 Å². The molecule has 1 atom stereocenters. The maximum atomic E-state index is 13.2. The molecule has 0 radical (unpaired) electrons. The van der Waals surface area contributed by atoms with Crippen molar-refractivity contribution >= 4 is 16.8 Å². The van der Waals surface area contributed by atoms with Crippen molar-refractivity contribution in [1.29, 1.82) is 0 Å². The summed E-state index contributed by atoms with van der Waals surface area (Å²) < 4.78 is 10.9. The van der Waals surface area contributed by atoms with Crippen LogP contribution in [0.4, 0.5) is 0 Å². The van der Waals surface area contributed by atoms with E-state index in [1.54, 1.807) is 0 Å². The molecular formula is C28H30N2O4. The number of carbonyl (C=O) groups excluding carboxylic acids is 1. The van der Waals surface area contributed by atoms with Crippen molar-refractivity contribution in [3.63, 3.8) is 0 Å². The zero-order valence-corrected chi connectivity index (χ0v) is 19.7. The molecule has 0 spiro atoms. The lowest BCUT2D eigenvalue weighted by Gasteiger charge is -2.16. The van der Waals surface area contributed by atoms with E-state index in [2.05, 4.69) is 16.4 Å². The molecule has 1 amide bonds. The number of aromatic nitrogens is 1. The van der Waals surface area contributed by atoms with Gasteiger partial charge in [-0.2, -0.15) is 0 Å². The summed E-state index contributed by atoms with van der Waals surface area (Å²) in [4.78, 5) is 16.4. The first-order valence-electron chi connectivity index (χ1n) is 11.4. The number of aliphatic hydroxyl groups is 1. The van der Waals surface area contributed by atoms with E-state index in [9.17, 15) is 9.90 Å². The van der Waals surface area contributed by atoms with Crippen LogP contribution in [0, 0.1) is 0 Å². The molecule has 176 valence electrons. The van der Waals surface area contributed by atoms with Crippen LogP contribution in [0.25, 0.3) is 22.0 Å². The number of fused-ring (bicyclic) bond motifs is 1. The van der Waals surface area contributed by atoms with Crippen LogP contribution in [0.15, 0.2) is 72.9 Å². The predicted molar refractivity (Wildman–Crippen MR) is 134 cm³/mol. The third-order valence-electron chi connectivity index (χ3n) is 5.69. The fourth-order valence-electron chi connectivity index (χ4n) is 3.96. The fourth-order valence-corrected chi connectivity index (χ4v) is 3.96. The van der Waals surface area contributed by atoms with E-state index in [1.807, 2.05) is 80.7 Å². The molecule has 0 fully saturated rings. The lowest BCUT2D eigenvalue weighted by Crippen LogP contribution is -2.26. The number of aromatic amines is 1. The van der Waals surface area contributed by atoms with Gasteiger partial charge in [-0.1, -0.05) is 48.5 Å². The average Bonchev–Trinajstić information content (AvgIpc) is 3.26. The molecule has 3 N–H and O–H groups in total. The van der Waals surface area contributed by atoms with E-state index < -0.39 is 6.29 Å². The van der Waals surface area contributed by atoms with E-state index in [-0.39, 0.29) is 12.0 Å². The monoisotopic (exact) mass is 458 g/mol. The first-order chi connectivity index (χ1) is 16.5. The third kappa shape index (κ3) is 5.30. The molecule has 0 aliphatic carbocycles. The highest BCUT2D eigenvalue weighted by Crippen LogP contribution is 2.29. The molecule has 0 aliphatic rings. The lowest BCUT2D eigenvalue weighted by molar-refractivity contribution is -0.0769. The number of rotatable bonds is 9. The van der Waals surface area contributed by atoms with Crippen LogP contribution in [-0.2, 0) is 11.2 Å². The number of nitrogens with one attached hydrogen (secondary N) is 2. The summed E-state index contributed by atoms with van der Waals surface area (Å²) in [5.41, 5.74) is 5.23. The average molecular weight is 459 g/mol. The zero-order chi connectivity index (χ0) is 24.1. The number of benzene rings is 3. The third-order valence-corrected chi connectivity index (χ3v) is 5.69. The normalized spacial score (nSPS) is 12.1. The van der Waals surface area contributed by atoms with Crippen molar-refractivity contribution in [2.75, 3.05) is 13.7 Å². The Labute approximate surface area is 199 Å². The minimum Gasteiger partial charge on any atom is -0.490 e. The minimum atomic E-state index is -0.964. The van der Waals surface area contributed by atoms with Crippen molar-refractivity contribution in [1.82, 2.24) is 10.3 Å². The van der Waals surface area contributed by atoms with Gasteiger partial charge in [0, 0.05) is 36.3 Å². The molecule has 6 heteroatoms. The SMILES string of the molecule is COC(O)c1ccc(-c2ccc(OC(C)C)c(C(=O)NCCc3c[nH]c4ccccc34)c2)cc1. The Morgan fingerprint density at radius 3 is 2.50 bits per heavy atom. The first-order valence-corrected chi connectivity index (χ1v) is 11.4. The van der Waals surface area contributed by atoms with Crippen molar-refractivity contribution in [2.24, 2.45) is 0 Å². The maximum Gasteiger partial charge on any atom is 0.255 e. The molecule has 1 heterocycles. The predicted octanol–water partition coefficient (Wildman–Crippen LogP) is 5.23. The van der Waals surface area contributed by atoms with Gasteiger partial charge in [-0.3, -0.25) is 4.79 Å². The summed E-state index contributed by atoms with van der Waals surface area (Å²) in [7, 11) is 1.45. The number of ether oxygens (including phenoxy) is 2. The molecule has 0 aliphatic heterocycles. The van der Waals surface area contributed by atoms with Gasteiger partial charge >= 0.3 is 0 Å². The van der Waals surface area contributed by atoms with Crippen LogP contribution in [-0.4, -0.2) is 35.8 Å². The number of aliphatic hydroxyl groups excluding tert-OH is 1. The number of methoxy groups -OCH3 is 1. The summed E-state index contributed by atoms with van der Waals surface area (Å²) in [6.45, 7) is 4.38. The van der Waals surface area contributed by atoms with Crippen molar-refractivity contribution in [3.8, 4) is 16.9 Å². The smallest absolute Gasteiger partial charge is 0.255 e. The Bertz CT molecular complexity index is 1260. The van der Waals surface area contributed by atoms with Gasteiger partial charge in [-0.15, -0.1) is 0 Å². The van der Waals surface area contributed by atoms with E-state index in [4.69, 9.17) is 9.47 Å². The number of para-hydroxylation sites is 1. The molecule has 4 aromatic rings. The quantitative estimate of drug-likeness (QED) is 0.300. The highest BCUT2D eigenvalue weighted by Gasteiger charge is 2.16. The zero-order valence-electron chi connectivity index (χ0n) is 19.7. The van der Waals surface area contributed by atoms with Crippen LogP contribution in [0.2, 0.25) is 0 Å². The van der Waals surface area contributed by atoms with E-state index in [1.165, 1.54) is 18.1 Å². The van der Waals surface area contributed by atoms with Gasteiger partial charge in [0.25, 0.3) is 5.91 Å². The molecule has 1 aromatic heterocycles. The summed E-state index contributed by atoms with van der Waals surface area (Å²) in [6, 6.07) is 21.2. The van der Waals surface area contributed by atoms with Crippen molar-refractivity contribution < 1.29 is 19.4 Å². The second-order valence-electron chi connectivity index (χ2n) is 8.45. The fraction of sp³-hybridized carbons (Fsp3) is 0.250. The van der Waals surface area contributed by atoms with Gasteiger partial charge in [-0.05, 0) is 55.2 Å². The van der Waals surface area contributed by atoms with Crippen LogP contribution in [0.5, 0.6) is 5.75 Å². The second kappa shape index (κ2) is 10.5. The second-order valence-corrected chi connectivity index (χ2v) is 8.45. The molecule has 6 nitrogen and oxygen atoms in total. The Hall–Kier alpha value is -3.61. The number of amides is 1. The molecule has 0 saturated carbocycles. The number of carbonyl (C=O) groups is 1. The summed E-state index contributed by atoms with van der Waals surface area (Å²) in [6.07, 6.45) is 1.70. The maximum absolute atomic E-state index is 13.2. The highest BCUT2D eigenvalue weighted by atomic mass is 16.6. The lowest BCUT2D eigenvalue weighted by atomic mass is 10.0. The Morgan fingerprint density at radius 2 is 1.76 bits per heavy atom. The molecule has 3 aromatic carbocycles. The van der Waals surface area contributed by atoms with Crippen LogP contribution >= 0.6 is 0 Å². The Morgan fingerprint density at radius 1 is 1.03 bits per heavy atom.